The van der Waals surface area contributed by atoms with Crippen LogP contribution in [0.1, 0.15) is 16.3 Å². The van der Waals surface area contributed by atoms with Crippen molar-refractivity contribution in [1.29, 1.82) is 0 Å². The Morgan fingerprint density at radius 3 is 2.83 bits per heavy atom. The zero-order valence-corrected chi connectivity index (χ0v) is 9.63. The number of piperazine rings is 1. The van der Waals surface area contributed by atoms with Crippen LogP contribution in [-0.2, 0) is 11.3 Å². The van der Waals surface area contributed by atoms with Crippen LogP contribution < -0.4 is 5.32 Å². The van der Waals surface area contributed by atoms with Gasteiger partial charge in [-0.3, -0.25) is 9.69 Å². The number of rotatable bonds is 4. The molecule has 1 fully saturated rings. The summed E-state index contributed by atoms with van der Waals surface area (Å²) >= 11 is 0. The van der Waals surface area contributed by atoms with Gasteiger partial charge in [-0.25, -0.2) is 4.79 Å². The van der Waals surface area contributed by atoms with Gasteiger partial charge in [0, 0.05) is 19.6 Å². The van der Waals surface area contributed by atoms with E-state index in [-0.39, 0.29) is 5.76 Å². The van der Waals surface area contributed by atoms with Gasteiger partial charge in [-0.05, 0) is 12.1 Å². The number of nitrogens with zero attached hydrogens (tertiary/aromatic N) is 1. The number of aliphatic carboxylic acids is 1. The fraction of sp³-hybridized carbons (Fsp3) is 0.455. The Morgan fingerprint density at radius 1 is 1.44 bits per heavy atom. The first kappa shape index (κ1) is 12.6. The second-order valence-corrected chi connectivity index (χ2v) is 4.10. The maximum absolute atomic E-state index is 11.1. The van der Waals surface area contributed by atoms with E-state index in [1.165, 1.54) is 6.07 Å². The van der Waals surface area contributed by atoms with E-state index < -0.39 is 18.0 Å². The molecular weight excluding hydrogens is 240 g/mol. The van der Waals surface area contributed by atoms with Crippen molar-refractivity contribution in [2.75, 3.05) is 19.6 Å². The summed E-state index contributed by atoms with van der Waals surface area (Å²) in [6.07, 6.45) is 0. The molecule has 1 saturated heterocycles. The molecule has 0 aromatic carbocycles. The number of hydrogen-bond donors (Lipinski definition) is 3. The highest BCUT2D eigenvalue weighted by Gasteiger charge is 2.28. The molecule has 98 valence electrons. The van der Waals surface area contributed by atoms with Crippen molar-refractivity contribution in [1.82, 2.24) is 10.2 Å². The third kappa shape index (κ3) is 2.69. The maximum Gasteiger partial charge on any atom is 0.371 e. The number of aromatic carboxylic acids is 1. The van der Waals surface area contributed by atoms with Crippen LogP contribution in [0.3, 0.4) is 0 Å². The molecule has 0 amide bonds. The molecule has 2 heterocycles. The minimum absolute atomic E-state index is 0.132. The summed E-state index contributed by atoms with van der Waals surface area (Å²) in [4.78, 5) is 23.5. The molecule has 0 saturated carbocycles. The van der Waals surface area contributed by atoms with Crippen LogP contribution in [0.15, 0.2) is 16.5 Å². The average Bonchev–Trinajstić information content (AvgIpc) is 2.78. The highest BCUT2D eigenvalue weighted by molar-refractivity contribution is 5.84. The van der Waals surface area contributed by atoms with E-state index in [1.807, 2.05) is 0 Å². The fourth-order valence-electron chi connectivity index (χ4n) is 1.96. The van der Waals surface area contributed by atoms with Crippen LogP contribution in [0.5, 0.6) is 0 Å². The molecule has 1 aliphatic rings. The maximum atomic E-state index is 11.1. The Hall–Kier alpha value is -1.86. The molecule has 1 aromatic rings. The quantitative estimate of drug-likeness (QED) is 0.685. The summed E-state index contributed by atoms with van der Waals surface area (Å²) in [6, 6.07) is 2.32. The van der Waals surface area contributed by atoms with Crippen LogP contribution in [0, 0.1) is 0 Å². The molecule has 1 unspecified atom stereocenters. The van der Waals surface area contributed by atoms with Crippen molar-refractivity contribution in [2.24, 2.45) is 0 Å². The van der Waals surface area contributed by atoms with E-state index in [1.54, 1.807) is 11.0 Å². The first-order valence-electron chi connectivity index (χ1n) is 5.57. The van der Waals surface area contributed by atoms with E-state index in [0.29, 0.717) is 31.9 Å². The van der Waals surface area contributed by atoms with Crippen LogP contribution in [0.25, 0.3) is 0 Å². The Bertz CT molecular complexity index is 456. The summed E-state index contributed by atoms with van der Waals surface area (Å²) in [5.41, 5.74) is 0. The van der Waals surface area contributed by atoms with Crippen molar-refractivity contribution in [3.8, 4) is 0 Å². The molecule has 1 aromatic heterocycles. The zero-order chi connectivity index (χ0) is 13.1. The second kappa shape index (κ2) is 5.19. The minimum atomic E-state index is -1.13. The van der Waals surface area contributed by atoms with Crippen LogP contribution in [0.2, 0.25) is 0 Å². The first-order chi connectivity index (χ1) is 8.58. The summed E-state index contributed by atoms with van der Waals surface area (Å²) < 4.78 is 5.12. The Labute approximate surface area is 103 Å². The monoisotopic (exact) mass is 254 g/mol. The van der Waals surface area contributed by atoms with E-state index in [4.69, 9.17) is 14.6 Å². The van der Waals surface area contributed by atoms with Crippen molar-refractivity contribution >= 4 is 11.9 Å². The molecule has 1 aliphatic heterocycles. The van der Waals surface area contributed by atoms with Gasteiger partial charge in [0.1, 0.15) is 11.8 Å². The largest absolute Gasteiger partial charge is 0.480 e. The number of carboxylic acids is 2. The van der Waals surface area contributed by atoms with E-state index in [0.717, 1.165) is 0 Å². The lowest BCUT2D eigenvalue weighted by molar-refractivity contribution is -0.144. The van der Waals surface area contributed by atoms with Crippen molar-refractivity contribution < 1.29 is 24.2 Å². The Balaban J connectivity index is 2.06. The van der Waals surface area contributed by atoms with Crippen LogP contribution in [-0.4, -0.2) is 52.7 Å². The zero-order valence-electron chi connectivity index (χ0n) is 9.63. The van der Waals surface area contributed by atoms with Gasteiger partial charge >= 0.3 is 11.9 Å². The molecule has 0 spiro atoms. The normalized spacial score (nSPS) is 20.8. The predicted octanol–water partition coefficient (Wildman–Crippen LogP) is -0.164. The van der Waals surface area contributed by atoms with Crippen molar-refractivity contribution in [2.45, 2.75) is 12.6 Å². The van der Waals surface area contributed by atoms with Crippen LogP contribution in [0.4, 0.5) is 0 Å². The van der Waals surface area contributed by atoms with Crippen LogP contribution >= 0.6 is 0 Å². The topological polar surface area (TPSA) is 103 Å². The summed E-state index contributed by atoms with van der Waals surface area (Å²) in [6.45, 7) is 1.96. The lowest BCUT2D eigenvalue weighted by atomic mass is 10.2. The Kier molecular flexibility index (Phi) is 3.63. The molecular formula is C11H14N2O5. The molecule has 0 aliphatic carbocycles. The SMILES string of the molecule is O=C(O)c1ccc(CN2CCNCC2C(=O)O)o1. The number of carboxylic acid groups (broad SMARTS) is 2. The van der Waals surface area contributed by atoms with Gasteiger partial charge in [-0.15, -0.1) is 0 Å². The number of carbonyl (C=O) groups is 2. The van der Waals surface area contributed by atoms with Crippen molar-refractivity contribution in [3.05, 3.63) is 23.7 Å². The minimum Gasteiger partial charge on any atom is -0.480 e. The number of nitrogens with one attached hydrogen (secondary N) is 1. The van der Waals surface area contributed by atoms with E-state index >= 15 is 0 Å². The molecule has 0 bridgehead atoms. The molecule has 1 atom stereocenters. The van der Waals surface area contributed by atoms with Gasteiger partial charge in [-0.2, -0.15) is 0 Å². The van der Waals surface area contributed by atoms with Gasteiger partial charge < -0.3 is 19.9 Å². The van der Waals surface area contributed by atoms with Gasteiger partial charge in [0.25, 0.3) is 0 Å². The highest BCUT2D eigenvalue weighted by atomic mass is 16.4. The third-order valence-corrected chi connectivity index (χ3v) is 2.87. The van der Waals surface area contributed by atoms with Gasteiger partial charge in [0.15, 0.2) is 0 Å². The van der Waals surface area contributed by atoms with E-state index in [9.17, 15) is 9.59 Å². The number of hydrogen-bond acceptors (Lipinski definition) is 5. The highest BCUT2D eigenvalue weighted by Crippen LogP contribution is 2.14. The lowest BCUT2D eigenvalue weighted by Crippen LogP contribution is -2.54. The van der Waals surface area contributed by atoms with E-state index in [2.05, 4.69) is 5.32 Å². The van der Waals surface area contributed by atoms with Gasteiger partial charge in [-0.1, -0.05) is 0 Å². The smallest absolute Gasteiger partial charge is 0.371 e. The molecule has 2 rings (SSSR count). The standard InChI is InChI=1S/C11H14N2O5/c14-10(15)8-5-12-3-4-13(8)6-7-1-2-9(18-7)11(16)17/h1-2,8,12H,3-6H2,(H,14,15)(H,16,17). The molecule has 7 nitrogen and oxygen atoms in total. The number of furan rings is 1. The van der Waals surface area contributed by atoms with Gasteiger partial charge in [0.05, 0.1) is 6.54 Å². The molecule has 3 N–H and O–H groups in total. The Morgan fingerprint density at radius 2 is 2.22 bits per heavy atom. The molecule has 18 heavy (non-hydrogen) atoms. The first-order valence-corrected chi connectivity index (χ1v) is 5.57. The summed E-state index contributed by atoms with van der Waals surface area (Å²) in [7, 11) is 0. The average molecular weight is 254 g/mol. The fourth-order valence-corrected chi connectivity index (χ4v) is 1.96. The lowest BCUT2D eigenvalue weighted by Gasteiger charge is -2.32. The molecule has 0 radical (unpaired) electrons. The predicted molar refractivity (Wildman–Crippen MR) is 60.4 cm³/mol. The van der Waals surface area contributed by atoms with Crippen molar-refractivity contribution in [3.63, 3.8) is 0 Å². The molecule has 7 heteroatoms. The summed E-state index contributed by atoms with van der Waals surface area (Å²) in [5, 5.41) is 20.8. The second-order valence-electron chi connectivity index (χ2n) is 4.10. The third-order valence-electron chi connectivity index (χ3n) is 2.87. The van der Waals surface area contributed by atoms with Gasteiger partial charge in [0.2, 0.25) is 5.76 Å². The summed E-state index contributed by atoms with van der Waals surface area (Å²) in [5.74, 6) is -1.70.